The summed E-state index contributed by atoms with van der Waals surface area (Å²) in [6.45, 7) is 1.86. The molecule has 1 N–H and O–H groups in total. The molecule has 5 heteroatoms. The minimum absolute atomic E-state index is 0.111. The third-order valence-corrected chi connectivity index (χ3v) is 2.95. The van der Waals surface area contributed by atoms with Crippen molar-refractivity contribution in [3.05, 3.63) is 36.0 Å². The topological polar surface area (TPSA) is 67.3 Å². The second-order valence-electron chi connectivity index (χ2n) is 3.28. The first-order valence-corrected chi connectivity index (χ1v) is 5.76. The van der Waals surface area contributed by atoms with Crippen LogP contribution < -0.4 is 0 Å². The average Bonchev–Trinajstić information content (AvgIpc) is 2.15. The van der Waals surface area contributed by atoms with Crippen molar-refractivity contribution in [1.29, 1.82) is 0 Å². The van der Waals surface area contributed by atoms with E-state index < -0.39 is 10.1 Å². The molecular formula is C10H9NO3S. The third kappa shape index (κ3) is 1.98. The molecule has 0 aliphatic carbocycles. The lowest BCUT2D eigenvalue weighted by molar-refractivity contribution is 0.483. The number of hydrogen-bond donors (Lipinski definition) is 1. The molecule has 0 fully saturated rings. The summed E-state index contributed by atoms with van der Waals surface area (Å²) in [6, 6.07) is 7.87. The van der Waals surface area contributed by atoms with Gasteiger partial charge in [-0.3, -0.25) is 9.54 Å². The number of benzene rings is 1. The van der Waals surface area contributed by atoms with Gasteiger partial charge in [0.15, 0.2) is 0 Å². The minimum Gasteiger partial charge on any atom is -0.282 e. The number of aryl methyl sites for hydroxylation is 1. The van der Waals surface area contributed by atoms with Gasteiger partial charge in [-0.15, -0.1) is 0 Å². The van der Waals surface area contributed by atoms with E-state index in [1.165, 1.54) is 12.1 Å². The Balaban J connectivity index is 2.73. The van der Waals surface area contributed by atoms with Crippen molar-refractivity contribution in [2.24, 2.45) is 0 Å². The van der Waals surface area contributed by atoms with E-state index in [9.17, 15) is 8.42 Å². The Labute approximate surface area is 87.3 Å². The van der Waals surface area contributed by atoms with Crippen molar-refractivity contribution >= 4 is 21.0 Å². The zero-order valence-corrected chi connectivity index (χ0v) is 8.82. The predicted octanol–water partition coefficient (Wildman–Crippen LogP) is 1.79. The van der Waals surface area contributed by atoms with Crippen molar-refractivity contribution in [2.45, 2.75) is 11.8 Å². The van der Waals surface area contributed by atoms with Crippen LogP contribution in [0.2, 0.25) is 0 Å². The summed E-state index contributed by atoms with van der Waals surface area (Å²) in [5.41, 5.74) is 1.57. The molecule has 0 aliphatic heterocycles. The monoisotopic (exact) mass is 223 g/mol. The maximum atomic E-state index is 10.9. The fourth-order valence-corrected chi connectivity index (χ4v) is 1.88. The molecule has 78 valence electrons. The molecule has 0 saturated heterocycles. The van der Waals surface area contributed by atoms with Gasteiger partial charge in [0, 0.05) is 11.1 Å². The zero-order valence-electron chi connectivity index (χ0n) is 8.01. The molecule has 2 aromatic rings. The minimum atomic E-state index is -4.13. The Morgan fingerprint density at radius 3 is 2.60 bits per heavy atom. The van der Waals surface area contributed by atoms with Gasteiger partial charge in [-0.25, -0.2) is 0 Å². The quantitative estimate of drug-likeness (QED) is 0.748. The lowest BCUT2D eigenvalue weighted by Crippen LogP contribution is -1.97. The number of pyridine rings is 1. The van der Waals surface area contributed by atoms with Gasteiger partial charge >= 0.3 is 0 Å². The molecule has 0 radical (unpaired) electrons. The van der Waals surface area contributed by atoms with Gasteiger partial charge in [-0.05, 0) is 31.2 Å². The van der Waals surface area contributed by atoms with E-state index >= 15 is 0 Å². The SMILES string of the molecule is Cc1ccc2cc(S(=O)(=O)O)ccc2n1. The van der Waals surface area contributed by atoms with Crippen molar-refractivity contribution in [2.75, 3.05) is 0 Å². The van der Waals surface area contributed by atoms with Crippen LogP contribution >= 0.6 is 0 Å². The Bertz CT molecular complexity index is 620. The highest BCUT2D eigenvalue weighted by Gasteiger charge is 2.09. The number of fused-ring (bicyclic) bond motifs is 1. The molecule has 0 unspecified atom stereocenters. The first kappa shape index (κ1) is 10.1. The van der Waals surface area contributed by atoms with Crippen LogP contribution in [0.25, 0.3) is 10.9 Å². The smallest absolute Gasteiger partial charge is 0.282 e. The van der Waals surface area contributed by atoms with Crippen LogP contribution in [0, 0.1) is 6.92 Å². The Morgan fingerprint density at radius 2 is 1.93 bits per heavy atom. The summed E-state index contributed by atoms with van der Waals surface area (Å²) in [7, 11) is -4.13. The van der Waals surface area contributed by atoms with Gasteiger partial charge in [0.25, 0.3) is 10.1 Å². The van der Waals surface area contributed by atoms with Gasteiger partial charge < -0.3 is 0 Å². The van der Waals surface area contributed by atoms with Gasteiger partial charge in [-0.2, -0.15) is 8.42 Å². The Kier molecular flexibility index (Phi) is 2.21. The standard InChI is InChI=1S/C10H9NO3S/c1-7-2-3-8-6-9(15(12,13)14)4-5-10(8)11-7/h2-6H,1H3,(H,12,13,14). The van der Waals surface area contributed by atoms with Crippen LogP contribution in [0.1, 0.15) is 5.69 Å². The molecular weight excluding hydrogens is 214 g/mol. The number of aromatic nitrogens is 1. The van der Waals surface area contributed by atoms with Crippen molar-refractivity contribution in [3.8, 4) is 0 Å². The van der Waals surface area contributed by atoms with Crippen LogP contribution in [0.15, 0.2) is 35.2 Å². The highest BCUT2D eigenvalue weighted by atomic mass is 32.2. The number of hydrogen-bond acceptors (Lipinski definition) is 3. The number of rotatable bonds is 1. The fourth-order valence-electron chi connectivity index (χ4n) is 1.37. The Morgan fingerprint density at radius 1 is 1.20 bits per heavy atom. The molecule has 4 nitrogen and oxygen atoms in total. The van der Waals surface area contributed by atoms with E-state index in [-0.39, 0.29) is 4.90 Å². The molecule has 1 aromatic carbocycles. The predicted molar refractivity (Wildman–Crippen MR) is 56.3 cm³/mol. The first-order chi connectivity index (χ1) is 6.97. The van der Waals surface area contributed by atoms with Crippen LogP contribution in [0.3, 0.4) is 0 Å². The fraction of sp³-hybridized carbons (Fsp3) is 0.100. The first-order valence-electron chi connectivity index (χ1n) is 4.32. The lowest BCUT2D eigenvalue weighted by Gasteiger charge is -2.01. The van der Waals surface area contributed by atoms with E-state index in [4.69, 9.17) is 4.55 Å². The van der Waals surface area contributed by atoms with Gasteiger partial charge in [0.05, 0.1) is 10.4 Å². The van der Waals surface area contributed by atoms with E-state index in [2.05, 4.69) is 4.98 Å². The zero-order chi connectivity index (χ0) is 11.1. The molecule has 1 aromatic heterocycles. The van der Waals surface area contributed by atoms with E-state index in [1.807, 2.05) is 6.92 Å². The molecule has 0 spiro atoms. The van der Waals surface area contributed by atoms with E-state index in [0.29, 0.717) is 10.9 Å². The van der Waals surface area contributed by atoms with Gasteiger partial charge in [0.1, 0.15) is 0 Å². The third-order valence-electron chi connectivity index (χ3n) is 2.10. The summed E-state index contributed by atoms with van der Waals surface area (Å²) < 4.78 is 30.6. The molecule has 0 saturated carbocycles. The second kappa shape index (κ2) is 3.29. The second-order valence-corrected chi connectivity index (χ2v) is 4.70. The van der Waals surface area contributed by atoms with Crippen molar-refractivity contribution in [1.82, 2.24) is 4.98 Å². The van der Waals surface area contributed by atoms with Crippen molar-refractivity contribution in [3.63, 3.8) is 0 Å². The summed E-state index contributed by atoms with van der Waals surface area (Å²) in [6.07, 6.45) is 0. The lowest BCUT2D eigenvalue weighted by atomic mass is 10.2. The largest absolute Gasteiger partial charge is 0.294 e. The molecule has 15 heavy (non-hydrogen) atoms. The molecule has 0 bridgehead atoms. The molecule has 0 amide bonds. The van der Waals surface area contributed by atoms with E-state index in [1.54, 1.807) is 18.2 Å². The molecule has 0 aliphatic rings. The highest BCUT2D eigenvalue weighted by molar-refractivity contribution is 7.85. The van der Waals surface area contributed by atoms with Crippen LogP contribution in [0.5, 0.6) is 0 Å². The summed E-state index contributed by atoms with van der Waals surface area (Å²) in [4.78, 5) is 4.11. The summed E-state index contributed by atoms with van der Waals surface area (Å²) >= 11 is 0. The van der Waals surface area contributed by atoms with Crippen LogP contribution in [-0.2, 0) is 10.1 Å². The summed E-state index contributed by atoms with van der Waals surface area (Å²) in [5.74, 6) is 0. The average molecular weight is 223 g/mol. The van der Waals surface area contributed by atoms with E-state index in [0.717, 1.165) is 5.69 Å². The normalized spacial score (nSPS) is 11.9. The van der Waals surface area contributed by atoms with Gasteiger partial charge in [-0.1, -0.05) is 6.07 Å². The maximum Gasteiger partial charge on any atom is 0.294 e. The van der Waals surface area contributed by atoms with Crippen LogP contribution in [-0.4, -0.2) is 18.0 Å². The highest BCUT2D eigenvalue weighted by Crippen LogP contribution is 2.17. The Hall–Kier alpha value is -1.46. The maximum absolute atomic E-state index is 10.9. The molecule has 2 rings (SSSR count). The van der Waals surface area contributed by atoms with Gasteiger partial charge in [0.2, 0.25) is 0 Å². The number of nitrogens with zero attached hydrogens (tertiary/aromatic N) is 1. The van der Waals surface area contributed by atoms with Crippen molar-refractivity contribution < 1.29 is 13.0 Å². The summed E-state index contributed by atoms with van der Waals surface area (Å²) in [5, 5.41) is 0.690. The molecule has 0 atom stereocenters. The molecule has 1 heterocycles. The van der Waals surface area contributed by atoms with Crippen LogP contribution in [0.4, 0.5) is 0 Å².